The maximum absolute atomic E-state index is 5.43. The van der Waals surface area contributed by atoms with Crippen LogP contribution in [0, 0.1) is 0 Å². The molecule has 2 rings (SSSR count). The first-order valence-corrected chi connectivity index (χ1v) is 7.13. The Labute approximate surface area is 113 Å². The molecular weight excluding hydrogens is 240 g/mol. The summed E-state index contributed by atoms with van der Waals surface area (Å²) in [6, 6.07) is 17.0. The molecule has 0 N–H and O–H groups in total. The van der Waals surface area contributed by atoms with Gasteiger partial charge in [-0.2, -0.15) is 0 Å². The molecule has 0 spiro atoms. The van der Waals surface area contributed by atoms with Crippen LogP contribution in [-0.2, 0) is 6.42 Å². The van der Waals surface area contributed by atoms with Gasteiger partial charge in [-0.1, -0.05) is 30.8 Å². The molecular formula is C16H18OS. The number of benzene rings is 2. The molecule has 0 aliphatic rings. The van der Waals surface area contributed by atoms with E-state index in [9.17, 15) is 0 Å². The molecule has 94 valence electrons. The lowest BCUT2D eigenvalue weighted by atomic mass is 10.2. The molecule has 2 aromatic carbocycles. The fourth-order valence-corrected chi connectivity index (χ4v) is 2.52. The Balaban J connectivity index is 2.03. The van der Waals surface area contributed by atoms with Gasteiger partial charge in [-0.15, -0.1) is 0 Å². The highest BCUT2D eigenvalue weighted by Crippen LogP contribution is 2.29. The molecule has 2 heteroatoms. The van der Waals surface area contributed by atoms with E-state index >= 15 is 0 Å². The summed E-state index contributed by atoms with van der Waals surface area (Å²) in [5, 5.41) is 0. The van der Waals surface area contributed by atoms with Gasteiger partial charge in [0.25, 0.3) is 0 Å². The van der Waals surface area contributed by atoms with Crippen molar-refractivity contribution in [2.75, 3.05) is 6.61 Å². The molecule has 1 nitrogen and oxygen atoms in total. The van der Waals surface area contributed by atoms with Gasteiger partial charge in [0, 0.05) is 9.79 Å². The quantitative estimate of drug-likeness (QED) is 0.762. The second-order valence-electron chi connectivity index (χ2n) is 4.00. The van der Waals surface area contributed by atoms with Crippen LogP contribution in [0.25, 0.3) is 0 Å². The third-order valence-electron chi connectivity index (χ3n) is 2.70. The molecule has 0 radical (unpaired) electrons. The van der Waals surface area contributed by atoms with Crippen LogP contribution in [0.3, 0.4) is 0 Å². The summed E-state index contributed by atoms with van der Waals surface area (Å²) >= 11 is 1.78. The van der Waals surface area contributed by atoms with Crippen molar-refractivity contribution in [3.05, 3.63) is 54.1 Å². The Hall–Kier alpha value is -1.41. The van der Waals surface area contributed by atoms with Crippen molar-refractivity contribution >= 4 is 11.8 Å². The van der Waals surface area contributed by atoms with E-state index < -0.39 is 0 Å². The minimum Gasteiger partial charge on any atom is -0.494 e. The van der Waals surface area contributed by atoms with E-state index in [2.05, 4.69) is 43.3 Å². The molecule has 0 aromatic heterocycles. The van der Waals surface area contributed by atoms with Gasteiger partial charge < -0.3 is 4.74 Å². The Morgan fingerprint density at radius 2 is 1.39 bits per heavy atom. The lowest BCUT2D eigenvalue weighted by molar-refractivity contribution is 0.340. The van der Waals surface area contributed by atoms with Gasteiger partial charge in [0.1, 0.15) is 5.75 Å². The van der Waals surface area contributed by atoms with Crippen LogP contribution in [0.15, 0.2) is 58.3 Å². The molecule has 0 atom stereocenters. The molecule has 0 bridgehead atoms. The predicted octanol–water partition coefficient (Wildman–Crippen LogP) is 4.80. The predicted molar refractivity (Wildman–Crippen MR) is 77.6 cm³/mol. The molecule has 0 amide bonds. The second kappa shape index (κ2) is 6.50. The van der Waals surface area contributed by atoms with Crippen molar-refractivity contribution in [3.63, 3.8) is 0 Å². The van der Waals surface area contributed by atoms with Gasteiger partial charge >= 0.3 is 0 Å². The zero-order chi connectivity index (χ0) is 12.8. The van der Waals surface area contributed by atoms with Crippen LogP contribution in [-0.4, -0.2) is 6.61 Å². The molecule has 2 aromatic rings. The molecule has 0 aliphatic carbocycles. The van der Waals surface area contributed by atoms with Crippen LogP contribution in [0.5, 0.6) is 5.75 Å². The van der Waals surface area contributed by atoms with E-state index in [1.807, 2.05) is 19.1 Å². The number of hydrogen-bond donors (Lipinski definition) is 0. The summed E-state index contributed by atoms with van der Waals surface area (Å²) in [5.74, 6) is 0.934. The van der Waals surface area contributed by atoms with E-state index in [4.69, 9.17) is 4.74 Å². The number of rotatable bonds is 5. The van der Waals surface area contributed by atoms with Gasteiger partial charge in [0.15, 0.2) is 0 Å². The van der Waals surface area contributed by atoms with E-state index in [0.29, 0.717) is 6.61 Å². The zero-order valence-electron chi connectivity index (χ0n) is 10.8. The third-order valence-corrected chi connectivity index (χ3v) is 3.72. The van der Waals surface area contributed by atoms with Gasteiger partial charge in [0.05, 0.1) is 6.61 Å². The fourth-order valence-electron chi connectivity index (χ4n) is 1.70. The van der Waals surface area contributed by atoms with Crippen molar-refractivity contribution in [2.45, 2.75) is 30.1 Å². The average molecular weight is 258 g/mol. The van der Waals surface area contributed by atoms with Gasteiger partial charge in [-0.25, -0.2) is 0 Å². The topological polar surface area (TPSA) is 9.23 Å². The number of aryl methyl sites for hydroxylation is 1. The molecule has 0 heterocycles. The number of hydrogen-bond acceptors (Lipinski definition) is 2. The highest BCUT2D eigenvalue weighted by molar-refractivity contribution is 7.99. The van der Waals surface area contributed by atoms with Gasteiger partial charge in [-0.3, -0.25) is 0 Å². The summed E-state index contributed by atoms with van der Waals surface area (Å²) in [4.78, 5) is 2.51. The maximum atomic E-state index is 5.43. The largest absolute Gasteiger partial charge is 0.494 e. The average Bonchev–Trinajstić information content (AvgIpc) is 2.42. The second-order valence-corrected chi connectivity index (χ2v) is 5.15. The summed E-state index contributed by atoms with van der Waals surface area (Å²) in [5.41, 5.74) is 1.38. The zero-order valence-corrected chi connectivity index (χ0v) is 11.7. The Morgan fingerprint density at radius 1 is 0.833 bits per heavy atom. The summed E-state index contributed by atoms with van der Waals surface area (Å²) in [6.45, 7) is 4.89. The monoisotopic (exact) mass is 258 g/mol. The molecule has 0 fully saturated rings. The van der Waals surface area contributed by atoms with Crippen molar-refractivity contribution in [3.8, 4) is 5.75 Å². The SMILES string of the molecule is CCOc1ccc(Sc2ccc(CC)cc2)cc1. The molecule has 0 saturated heterocycles. The van der Waals surface area contributed by atoms with Crippen LogP contribution < -0.4 is 4.74 Å². The minimum absolute atomic E-state index is 0.713. The summed E-state index contributed by atoms with van der Waals surface area (Å²) in [7, 11) is 0. The Bertz CT molecular complexity index is 473. The number of ether oxygens (including phenoxy) is 1. The van der Waals surface area contributed by atoms with E-state index in [1.165, 1.54) is 15.4 Å². The summed E-state index contributed by atoms with van der Waals surface area (Å²) in [6.07, 6.45) is 1.09. The van der Waals surface area contributed by atoms with Gasteiger partial charge in [0.2, 0.25) is 0 Å². The molecule has 0 unspecified atom stereocenters. The highest BCUT2D eigenvalue weighted by Gasteiger charge is 1.98. The standard InChI is InChI=1S/C16H18OS/c1-3-13-5-9-15(10-6-13)18-16-11-7-14(8-12-16)17-4-2/h5-12H,3-4H2,1-2H3. The van der Waals surface area contributed by atoms with E-state index in [0.717, 1.165) is 12.2 Å². The maximum Gasteiger partial charge on any atom is 0.119 e. The van der Waals surface area contributed by atoms with Crippen molar-refractivity contribution in [2.24, 2.45) is 0 Å². The van der Waals surface area contributed by atoms with Crippen LogP contribution in [0.4, 0.5) is 0 Å². The normalized spacial score (nSPS) is 10.3. The van der Waals surface area contributed by atoms with E-state index in [1.54, 1.807) is 11.8 Å². The molecule has 0 aliphatic heterocycles. The first-order valence-electron chi connectivity index (χ1n) is 6.31. The van der Waals surface area contributed by atoms with Crippen molar-refractivity contribution in [1.29, 1.82) is 0 Å². The van der Waals surface area contributed by atoms with Gasteiger partial charge in [-0.05, 0) is 55.3 Å². The lowest BCUT2D eigenvalue weighted by Gasteiger charge is -2.05. The molecule has 18 heavy (non-hydrogen) atoms. The molecule has 0 saturated carbocycles. The first kappa shape index (κ1) is 13.0. The summed E-state index contributed by atoms with van der Waals surface area (Å²) < 4.78 is 5.43. The van der Waals surface area contributed by atoms with Crippen LogP contribution in [0.2, 0.25) is 0 Å². The van der Waals surface area contributed by atoms with Crippen molar-refractivity contribution in [1.82, 2.24) is 0 Å². The first-order chi connectivity index (χ1) is 8.81. The Morgan fingerprint density at radius 3 is 1.89 bits per heavy atom. The minimum atomic E-state index is 0.713. The van der Waals surface area contributed by atoms with E-state index in [-0.39, 0.29) is 0 Å². The smallest absolute Gasteiger partial charge is 0.119 e. The third kappa shape index (κ3) is 3.54. The van der Waals surface area contributed by atoms with Crippen LogP contribution >= 0.6 is 11.8 Å². The lowest BCUT2D eigenvalue weighted by Crippen LogP contribution is -1.90. The van der Waals surface area contributed by atoms with Crippen LogP contribution in [0.1, 0.15) is 19.4 Å². The Kier molecular flexibility index (Phi) is 4.71. The highest BCUT2D eigenvalue weighted by atomic mass is 32.2. The van der Waals surface area contributed by atoms with Crippen molar-refractivity contribution < 1.29 is 4.74 Å². The fraction of sp³-hybridized carbons (Fsp3) is 0.250.